The minimum absolute atomic E-state index is 0.0845. The molecule has 0 spiro atoms. The fourth-order valence-electron chi connectivity index (χ4n) is 5.99. The van der Waals surface area contributed by atoms with Crippen LogP contribution < -0.4 is 4.74 Å². The number of aromatic nitrogens is 2. The molecular weight excluding hydrogens is 464 g/mol. The number of carbonyl (C=O) groups excluding carboxylic acids is 1. The molecule has 6 rings (SSSR count). The van der Waals surface area contributed by atoms with Crippen molar-refractivity contribution < 1.29 is 13.9 Å². The first kappa shape index (κ1) is 23.8. The Balaban J connectivity index is 1.31. The Hall–Kier alpha value is -3.58. The summed E-state index contributed by atoms with van der Waals surface area (Å²) in [5, 5.41) is 5.83. The molecule has 0 bridgehead atoms. The van der Waals surface area contributed by atoms with E-state index in [1.807, 2.05) is 34.7 Å². The highest BCUT2D eigenvalue weighted by molar-refractivity contribution is 5.97. The van der Waals surface area contributed by atoms with E-state index >= 15 is 0 Å². The van der Waals surface area contributed by atoms with Crippen LogP contribution in [0.4, 0.5) is 0 Å². The van der Waals surface area contributed by atoms with Gasteiger partial charge in [-0.3, -0.25) is 14.4 Å². The molecule has 0 saturated carbocycles. The van der Waals surface area contributed by atoms with Gasteiger partial charge < -0.3 is 14.1 Å². The number of nitrogens with zero attached hydrogens (tertiary/aromatic N) is 4. The fraction of sp³-hybridized carbons (Fsp3) is 0.400. The molecule has 0 aliphatic carbocycles. The molecule has 192 valence electrons. The van der Waals surface area contributed by atoms with Crippen LogP contribution in [-0.4, -0.2) is 52.2 Å². The molecule has 2 aromatic heterocycles. The Labute approximate surface area is 217 Å². The molecule has 0 N–H and O–H groups in total. The number of hydrogen-bond donors (Lipinski definition) is 0. The van der Waals surface area contributed by atoms with Crippen LogP contribution in [0.3, 0.4) is 0 Å². The first-order valence-electron chi connectivity index (χ1n) is 13.3. The minimum atomic E-state index is 0.0845. The second-order valence-electron chi connectivity index (χ2n) is 10.1. The molecule has 4 heterocycles. The molecule has 7 heteroatoms. The van der Waals surface area contributed by atoms with E-state index in [2.05, 4.69) is 36.1 Å². The molecule has 0 radical (unpaired) electrons. The number of furan rings is 1. The molecule has 2 aliphatic rings. The van der Waals surface area contributed by atoms with Crippen LogP contribution in [0.25, 0.3) is 22.1 Å². The van der Waals surface area contributed by atoms with Gasteiger partial charge in [0, 0.05) is 73.5 Å². The van der Waals surface area contributed by atoms with Crippen molar-refractivity contribution in [3.8, 4) is 16.9 Å². The summed E-state index contributed by atoms with van der Waals surface area (Å²) in [5.41, 5.74) is 7.14. The quantitative estimate of drug-likeness (QED) is 0.355. The SMILES string of the molecule is CCn1nc(C(=O)N2CCCC2)c2c1CCN(Cc1cc3oc(C)c(-c4ccccc4)c3cc1OC)C2. The zero-order valence-corrected chi connectivity index (χ0v) is 21.9. The second kappa shape index (κ2) is 9.71. The van der Waals surface area contributed by atoms with Crippen molar-refractivity contribution in [2.75, 3.05) is 26.7 Å². The van der Waals surface area contributed by atoms with Gasteiger partial charge >= 0.3 is 0 Å². The number of likely N-dealkylation sites (tertiary alicyclic amines) is 1. The zero-order chi connectivity index (χ0) is 25.5. The number of ether oxygens (including phenoxy) is 1. The summed E-state index contributed by atoms with van der Waals surface area (Å²) in [6.45, 7) is 8.89. The van der Waals surface area contributed by atoms with Crippen molar-refractivity contribution in [1.82, 2.24) is 19.6 Å². The van der Waals surface area contributed by atoms with Crippen molar-refractivity contribution in [3.63, 3.8) is 0 Å². The van der Waals surface area contributed by atoms with E-state index in [4.69, 9.17) is 14.3 Å². The number of methoxy groups -OCH3 is 1. The van der Waals surface area contributed by atoms with Crippen LogP contribution in [0.15, 0.2) is 46.9 Å². The predicted molar refractivity (Wildman–Crippen MR) is 144 cm³/mol. The highest BCUT2D eigenvalue weighted by Crippen LogP contribution is 2.38. The molecule has 0 atom stereocenters. The lowest BCUT2D eigenvalue weighted by atomic mass is 10.00. The van der Waals surface area contributed by atoms with Crippen LogP contribution in [-0.2, 0) is 26.1 Å². The van der Waals surface area contributed by atoms with E-state index in [0.29, 0.717) is 18.8 Å². The number of fused-ring (bicyclic) bond motifs is 2. The van der Waals surface area contributed by atoms with Gasteiger partial charge in [-0.1, -0.05) is 30.3 Å². The van der Waals surface area contributed by atoms with Gasteiger partial charge in [-0.05, 0) is 44.4 Å². The van der Waals surface area contributed by atoms with E-state index in [9.17, 15) is 4.79 Å². The van der Waals surface area contributed by atoms with Crippen LogP contribution in [0.2, 0.25) is 0 Å². The van der Waals surface area contributed by atoms with E-state index in [-0.39, 0.29) is 5.91 Å². The molecule has 2 aromatic carbocycles. The summed E-state index contributed by atoms with van der Waals surface area (Å²) in [7, 11) is 1.73. The smallest absolute Gasteiger partial charge is 0.274 e. The number of benzene rings is 2. The number of aryl methyl sites for hydroxylation is 2. The first-order chi connectivity index (χ1) is 18.1. The summed E-state index contributed by atoms with van der Waals surface area (Å²) < 4.78 is 14.1. The van der Waals surface area contributed by atoms with E-state index in [1.54, 1.807) is 7.11 Å². The molecular formula is C30H34N4O3. The Kier molecular flexibility index (Phi) is 6.24. The zero-order valence-electron chi connectivity index (χ0n) is 21.9. The van der Waals surface area contributed by atoms with Gasteiger partial charge in [0.15, 0.2) is 5.69 Å². The third-order valence-electron chi connectivity index (χ3n) is 7.83. The highest BCUT2D eigenvalue weighted by Gasteiger charge is 2.31. The number of carbonyl (C=O) groups is 1. The standard InChI is InChI=1S/C30H34N4O3/c1-4-34-25-12-15-32(19-24(25)29(31-34)30(35)33-13-8-9-14-33)18-22-16-27-23(17-26(22)36-3)28(20(2)37-27)21-10-6-5-7-11-21/h5-7,10-11,16-17H,4,8-9,12-15,18-19H2,1-3H3. The lowest BCUT2D eigenvalue weighted by Gasteiger charge is -2.28. The number of rotatable bonds is 6. The molecule has 1 saturated heterocycles. The Bertz CT molecular complexity index is 1450. The van der Waals surface area contributed by atoms with Crippen LogP contribution >= 0.6 is 0 Å². The van der Waals surface area contributed by atoms with Gasteiger partial charge in [-0.15, -0.1) is 0 Å². The van der Waals surface area contributed by atoms with Gasteiger partial charge in [0.1, 0.15) is 17.1 Å². The van der Waals surface area contributed by atoms with Crippen LogP contribution in [0.5, 0.6) is 5.75 Å². The third kappa shape index (κ3) is 4.21. The van der Waals surface area contributed by atoms with Crippen LogP contribution in [0, 0.1) is 6.92 Å². The van der Waals surface area contributed by atoms with Gasteiger partial charge in [0.05, 0.1) is 7.11 Å². The van der Waals surface area contributed by atoms with Crippen molar-refractivity contribution in [2.24, 2.45) is 0 Å². The molecule has 0 unspecified atom stereocenters. The molecule has 7 nitrogen and oxygen atoms in total. The molecule has 4 aromatic rings. The average molecular weight is 499 g/mol. The van der Waals surface area contributed by atoms with Crippen molar-refractivity contribution in [2.45, 2.75) is 52.7 Å². The van der Waals surface area contributed by atoms with E-state index in [0.717, 1.165) is 90.2 Å². The van der Waals surface area contributed by atoms with Crippen molar-refractivity contribution in [1.29, 1.82) is 0 Å². The van der Waals surface area contributed by atoms with Crippen molar-refractivity contribution in [3.05, 3.63) is 70.7 Å². The van der Waals surface area contributed by atoms with Gasteiger partial charge in [-0.25, -0.2) is 0 Å². The lowest BCUT2D eigenvalue weighted by Crippen LogP contribution is -2.33. The van der Waals surface area contributed by atoms with E-state index < -0.39 is 0 Å². The topological polar surface area (TPSA) is 63.7 Å². The summed E-state index contributed by atoms with van der Waals surface area (Å²) in [4.78, 5) is 17.7. The lowest BCUT2D eigenvalue weighted by molar-refractivity contribution is 0.0783. The Morgan fingerprint density at radius 3 is 2.62 bits per heavy atom. The van der Waals surface area contributed by atoms with Crippen LogP contribution in [0.1, 0.15) is 52.8 Å². The third-order valence-corrected chi connectivity index (χ3v) is 7.83. The summed E-state index contributed by atoms with van der Waals surface area (Å²) >= 11 is 0. The first-order valence-corrected chi connectivity index (χ1v) is 13.3. The maximum absolute atomic E-state index is 13.3. The molecule has 1 amide bonds. The predicted octanol–water partition coefficient (Wildman–Crippen LogP) is 5.43. The normalized spacial score (nSPS) is 15.9. The molecule has 1 fully saturated rings. The average Bonchev–Trinajstić information content (AvgIpc) is 3.65. The summed E-state index contributed by atoms with van der Waals surface area (Å²) in [6, 6.07) is 14.6. The highest BCUT2D eigenvalue weighted by atomic mass is 16.5. The number of hydrogen-bond acceptors (Lipinski definition) is 5. The number of amides is 1. The minimum Gasteiger partial charge on any atom is -0.496 e. The van der Waals surface area contributed by atoms with E-state index in [1.165, 1.54) is 5.69 Å². The van der Waals surface area contributed by atoms with Gasteiger partial charge in [0.25, 0.3) is 5.91 Å². The maximum atomic E-state index is 13.3. The molecule has 2 aliphatic heterocycles. The van der Waals surface area contributed by atoms with Gasteiger partial charge in [0.2, 0.25) is 0 Å². The Morgan fingerprint density at radius 1 is 1.11 bits per heavy atom. The largest absolute Gasteiger partial charge is 0.496 e. The summed E-state index contributed by atoms with van der Waals surface area (Å²) in [5.74, 6) is 1.84. The van der Waals surface area contributed by atoms with Gasteiger partial charge in [-0.2, -0.15) is 5.10 Å². The Morgan fingerprint density at radius 2 is 1.89 bits per heavy atom. The molecule has 37 heavy (non-hydrogen) atoms. The monoisotopic (exact) mass is 498 g/mol. The summed E-state index contributed by atoms with van der Waals surface area (Å²) in [6.07, 6.45) is 3.04. The fourth-order valence-corrected chi connectivity index (χ4v) is 5.99. The van der Waals surface area contributed by atoms with Crippen molar-refractivity contribution >= 4 is 16.9 Å². The second-order valence-corrected chi connectivity index (χ2v) is 10.1. The maximum Gasteiger partial charge on any atom is 0.274 e.